The molecule has 27 heavy (non-hydrogen) atoms. The molecule has 140 valence electrons. The van der Waals surface area contributed by atoms with E-state index in [2.05, 4.69) is 29.8 Å². The van der Waals surface area contributed by atoms with Crippen LogP contribution in [-0.2, 0) is 5.41 Å². The Morgan fingerprint density at radius 3 is 2.63 bits per heavy atom. The molecule has 4 heterocycles. The van der Waals surface area contributed by atoms with E-state index in [1.54, 1.807) is 0 Å². The first-order valence-corrected chi connectivity index (χ1v) is 10.1. The predicted octanol–water partition coefficient (Wildman–Crippen LogP) is 4.50. The van der Waals surface area contributed by atoms with Crippen molar-refractivity contribution in [3.8, 4) is 0 Å². The van der Waals surface area contributed by atoms with Gasteiger partial charge in [0.15, 0.2) is 5.65 Å². The van der Waals surface area contributed by atoms with Gasteiger partial charge in [0.05, 0.1) is 16.4 Å². The molecule has 0 aromatic carbocycles. The summed E-state index contributed by atoms with van der Waals surface area (Å²) in [6.45, 7) is 8.69. The quantitative estimate of drug-likeness (QED) is 0.655. The molecule has 2 aliphatic rings. The summed E-state index contributed by atoms with van der Waals surface area (Å²) in [6.07, 6.45) is 7.47. The molecule has 3 aromatic rings. The van der Waals surface area contributed by atoms with Crippen molar-refractivity contribution in [2.24, 2.45) is 0 Å². The van der Waals surface area contributed by atoms with Crippen molar-refractivity contribution < 1.29 is 0 Å². The average Bonchev–Trinajstić information content (AvgIpc) is 3.31. The number of nitrogens with zero attached hydrogens (tertiary/aromatic N) is 5. The molecular weight excluding hydrogens is 358 g/mol. The lowest BCUT2D eigenvalue weighted by Crippen LogP contribution is -2.19. The van der Waals surface area contributed by atoms with Crippen molar-refractivity contribution in [2.45, 2.75) is 51.4 Å². The van der Waals surface area contributed by atoms with E-state index in [1.165, 1.54) is 29.7 Å². The van der Waals surface area contributed by atoms with E-state index in [1.807, 2.05) is 29.9 Å². The second-order valence-corrected chi connectivity index (χ2v) is 8.93. The number of hydrogen-bond donors (Lipinski definition) is 0. The molecular formula is C21H24ClN5. The van der Waals surface area contributed by atoms with E-state index in [4.69, 9.17) is 21.7 Å². The van der Waals surface area contributed by atoms with E-state index >= 15 is 0 Å². The van der Waals surface area contributed by atoms with Crippen molar-refractivity contribution in [3.63, 3.8) is 0 Å². The van der Waals surface area contributed by atoms with Gasteiger partial charge in [0.25, 0.3) is 0 Å². The molecule has 1 fully saturated rings. The molecule has 0 amide bonds. The minimum absolute atomic E-state index is 0.0136. The van der Waals surface area contributed by atoms with Crippen molar-refractivity contribution in [2.75, 3.05) is 18.0 Å². The molecule has 3 aromatic heterocycles. The zero-order valence-electron chi connectivity index (χ0n) is 16.0. The molecule has 5 nitrogen and oxygen atoms in total. The lowest BCUT2D eigenvalue weighted by molar-refractivity contribution is 0.478. The van der Waals surface area contributed by atoms with Crippen molar-refractivity contribution in [1.82, 2.24) is 19.6 Å². The summed E-state index contributed by atoms with van der Waals surface area (Å²) in [4.78, 5) is 11.7. The number of halogens is 1. The number of aromatic nitrogens is 4. The van der Waals surface area contributed by atoms with Crippen LogP contribution in [0.3, 0.4) is 0 Å². The van der Waals surface area contributed by atoms with Gasteiger partial charge >= 0.3 is 0 Å². The van der Waals surface area contributed by atoms with Crippen LogP contribution in [0.25, 0.3) is 5.65 Å². The van der Waals surface area contributed by atoms with Gasteiger partial charge in [0, 0.05) is 48.4 Å². The Bertz CT molecular complexity index is 1030. The van der Waals surface area contributed by atoms with Gasteiger partial charge in [-0.2, -0.15) is 5.10 Å². The Labute approximate surface area is 164 Å². The lowest BCUT2D eigenvalue weighted by Gasteiger charge is -2.21. The number of pyridine rings is 1. The summed E-state index contributed by atoms with van der Waals surface area (Å²) in [6, 6.07) is 4.14. The molecule has 1 atom stereocenters. The standard InChI is InChI=1S/C21H24ClN5/c1-13-8-18-23-12-16-15(10-21(2,3)19(16)27(18)25-13)14-9-17(22)20(24-11-14)26-6-4-5-7-26/h8-9,11-12,15H,4-7,10H2,1-3H3. The molecule has 1 saturated heterocycles. The van der Waals surface area contributed by atoms with Crippen LogP contribution in [0.15, 0.2) is 24.5 Å². The summed E-state index contributed by atoms with van der Waals surface area (Å²) in [5.74, 6) is 1.17. The van der Waals surface area contributed by atoms with Gasteiger partial charge in [-0.25, -0.2) is 14.5 Å². The van der Waals surface area contributed by atoms with Gasteiger partial charge in [-0.05, 0) is 37.8 Å². The maximum absolute atomic E-state index is 6.65. The summed E-state index contributed by atoms with van der Waals surface area (Å²) < 4.78 is 2.03. The molecule has 0 saturated carbocycles. The van der Waals surface area contributed by atoms with Crippen LogP contribution in [0.4, 0.5) is 5.82 Å². The Morgan fingerprint density at radius 1 is 1.11 bits per heavy atom. The summed E-state index contributed by atoms with van der Waals surface area (Å²) >= 11 is 6.65. The maximum Gasteiger partial charge on any atom is 0.155 e. The zero-order chi connectivity index (χ0) is 18.8. The van der Waals surface area contributed by atoms with E-state index in [0.29, 0.717) is 0 Å². The Morgan fingerprint density at radius 2 is 1.89 bits per heavy atom. The molecule has 6 heteroatoms. The van der Waals surface area contributed by atoms with E-state index < -0.39 is 0 Å². The van der Waals surface area contributed by atoms with Gasteiger partial charge < -0.3 is 4.90 Å². The normalized spacial score (nSPS) is 21.2. The fourth-order valence-electron chi connectivity index (χ4n) is 4.81. The SMILES string of the molecule is Cc1cc2ncc3c(n2n1)C(C)(C)CC3c1cnc(N2CCCC2)c(Cl)c1. The van der Waals surface area contributed by atoms with E-state index in [-0.39, 0.29) is 11.3 Å². The number of anilines is 1. The molecule has 0 radical (unpaired) electrons. The third-order valence-corrected chi connectivity index (χ3v) is 6.29. The monoisotopic (exact) mass is 381 g/mol. The van der Waals surface area contributed by atoms with Crippen molar-refractivity contribution >= 4 is 23.1 Å². The van der Waals surface area contributed by atoms with Crippen LogP contribution < -0.4 is 4.90 Å². The minimum atomic E-state index is 0.0136. The maximum atomic E-state index is 6.65. The highest BCUT2D eigenvalue weighted by atomic mass is 35.5. The van der Waals surface area contributed by atoms with Crippen LogP contribution in [0.2, 0.25) is 5.02 Å². The highest BCUT2D eigenvalue weighted by molar-refractivity contribution is 6.33. The van der Waals surface area contributed by atoms with Crippen LogP contribution in [0.5, 0.6) is 0 Å². The van der Waals surface area contributed by atoms with Gasteiger partial charge in [-0.3, -0.25) is 0 Å². The van der Waals surface area contributed by atoms with Crippen LogP contribution >= 0.6 is 11.6 Å². The zero-order valence-corrected chi connectivity index (χ0v) is 16.8. The fourth-order valence-corrected chi connectivity index (χ4v) is 5.10. The number of rotatable bonds is 2. The smallest absolute Gasteiger partial charge is 0.155 e. The first-order chi connectivity index (χ1) is 12.9. The van der Waals surface area contributed by atoms with Crippen LogP contribution in [0, 0.1) is 6.92 Å². The van der Waals surface area contributed by atoms with Gasteiger partial charge in [-0.1, -0.05) is 25.4 Å². The Kier molecular flexibility index (Phi) is 3.73. The largest absolute Gasteiger partial charge is 0.355 e. The van der Waals surface area contributed by atoms with Gasteiger partial charge in [0.2, 0.25) is 0 Å². The summed E-state index contributed by atoms with van der Waals surface area (Å²) in [5.41, 5.74) is 5.59. The molecule has 1 aliphatic carbocycles. The molecule has 0 N–H and O–H groups in total. The highest BCUT2D eigenvalue weighted by Crippen LogP contribution is 2.48. The Hall–Kier alpha value is -2.14. The lowest BCUT2D eigenvalue weighted by atomic mass is 9.87. The first kappa shape index (κ1) is 17.0. The van der Waals surface area contributed by atoms with Crippen molar-refractivity contribution in [3.05, 3.63) is 52.1 Å². The first-order valence-electron chi connectivity index (χ1n) is 9.70. The molecule has 0 spiro atoms. The van der Waals surface area contributed by atoms with Crippen LogP contribution in [-0.4, -0.2) is 32.7 Å². The van der Waals surface area contributed by atoms with E-state index in [9.17, 15) is 0 Å². The fraction of sp³-hybridized carbons (Fsp3) is 0.476. The summed E-state index contributed by atoms with van der Waals surface area (Å²) in [5, 5.41) is 5.45. The third-order valence-electron chi connectivity index (χ3n) is 6.02. The molecule has 1 unspecified atom stereocenters. The number of aryl methyl sites for hydroxylation is 1. The van der Waals surface area contributed by atoms with Crippen molar-refractivity contribution in [1.29, 1.82) is 0 Å². The van der Waals surface area contributed by atoms with E-state index in [0.717, 1.165) is 41.7 Å². The Balaban J connectivity index is 1.60. The number of fused-ring (bicyclic) bond motifs is 3. The molecule has 5 rings (SSSR count). The predicted molar refractivity (Wildman–Crippen MR) is 108 cm³/mol. The van der Waals surface area contributed by atoms with Crippen LogP contribution in [0.1, 0.15) is 61.5 Å². The second-order valence-electron chi connectivity index (χ2n) is 8.53. The number of hydrogen-bond acceptors (Lipinski definition) is 4. The molecule has 1 aliphatic heterocycles. The average molecular weight is 382 g/mol. The van der Waals surface area contributed by atoms with Gasteiger partial charge in [-0.15, -0.1) is 0 Å². The molecule has 0 bridgehead atoms. The third kappa shape index (κ3) is 2.63. The highest BCUT2D eigenvalue weighted by Gasteiger charge is 2.41. The van der Waals surface area contributed by atoms with Gasteiger partial charge in [0.1, 0.15) is 5.82 Å². The minimum Gasteiger partial charge on any atom is -0.355 e. The summed E-state index contributed by atoms with van der Waals surface area (Å²) in [7, 11) is 0. The topological polar surface area (TPSA) is 46.3 Å². The second kappa shape index (κ2) is 5.93.